The van der Waals surface area contributed by atoms with Gasteiger partial charge in [0.2, 0.25) is 0 Å². The van der Waals surface area contributed by atoms with Crippen LogP contribution in [0.15, 0.2) is 0 Å². The summed E-state index contributed by atoms with van der Waals surface area (Å²) in [4.78, 5) is 0. The molecule has 1 aliphatic heterocycles. The number of rotatable bonds is 4. The van der Waals surface area contributed by atoms with E-state index >= 15 is 0 Å². The first-order chi connectivity index (χ1) is 7.11. The minimum absolute atomic E-state index is 0.242. The Labute approximate surface area is 92.8 Å². The van der Waals surface area contributed by atoms with Gasteiger partial charge in [-0.15, -0.1) is 0 Å². The molecule has 0 aromatic rings. The third-order valence-electron chi connectivity index (χ3n) is 2.22. The van der Waals surface area contributed by atoms with Gasteiger partial charge in [-0.1, -0.05) is 0 Å². The molecular weight excluding hydrogens is 224 g/mol. The van der Waals surface area contributed by atoms with Gasteiger partial charge in [0, 0.05) is 5.75 Å². The zero-order chi connectivity index (χ0) is 11.4. The van der Waals surface area contributed by atoms with Crippen LogP contribution < -0.4 is 0 Å². The number of aliphatic hydroxyl groups is 4. The van der Waals surface area contributed by atoms with Gasteiger partial charge in [-0.05, 0) is 0 Å². The van der Waals surface area contributed by atoms with Crippen molar-refractivity contribution in [3.8, 4) is 0 Å². The van der Waals surface area contributed by atoms with Crippen LogP contribution in [0.3, 0.4) is 0 Å². The van der Waals surface area contributed by atoms with E-state index in [1.54, 1.807) is 0 Å². The van der Waals surface area contributed by atoms with E-state index in [0.29, 0.717) is 5.75 Å². The topological polar surface area (TPSA) is 99.4 Å². The van der Waals surface area contributed by atoms with Crippen LogP contribution in [0.4, 0.5) is 0 Å². The predicted octanol–water partition coefficient (Wildman–Crippen LogP) is -2.27. The van der Waals surface area contributed by atoms with Crippen LogP contribution >= 0.6 is 12.6 Å². The molecule has 0 bridgehead atoms. The lowest BCUT2D eigenvalue weighted by Crippen LogP contribution is -2.59. The average molecular weight is 240 g/mol. The lowest BCUT2D eigenvalue weighted by atomic mass is 9.99. The molecular formula is C8H16O6S. The van der Waals surface area contributed by atoms with E-state index < -0.39 is 37.3 Å². The van der Waals surface area contributed by atoms with Crippen LogP contribution in [0.5, 0.6) is 0 Å². The molecule has 1 saturated heterocycles. The molecule has 0 aromatic carbocycles. The third kappa shape index (κ3) is 3.04. The summed E-state index contributed by atoms with van der Waals surface area (Å²) in [5, 5.41) is 37.2. The lowest BCUT2D eigenvalue weighted by Gasteiger charge is -2.39. The molecule has 1 heterocycles. The van der Waals surface area contributed by atoms with Gasteiger partial charge in [-0.2, -0.15) is 12.6 Å². The number of aliphatic hydroxyl groups excluding tert-OH is 4. The van der Waals surface area contributed by atoms with Crippen molar-refractivity contribution in [3.63, 3.8) is 0 Å². The molecule has 1 fully saturated rings. The maximum Gasteiger partial charge on any atom is 0.186 e. The SMILES string of the molecule is OCC1OC(OCCS)C(O)C(O)C1O. The Balaban J connectivity index is 2.57. The molecule has 1 rings (SSSR count). The first-order valence-corrected chi connectivity index (χ1v) is 5.28. The van der Waals surface area contributed by atoms with Gasteiger partial charge in [0.25, 0.3) is 0 Å². The van der Waals surface area contributed by atoms with Crippen molar-refractivity contribution < 1.29 is 29.9 Å². The molecule has 15 heavy (non-hydrogen) atoms. The monoisotopic (exact) mass is 240 g/mol. The van der Waals surface area contributed by atoms with Crippen LogP contribution in [-0.4, -0.2) is 70.1 Å². The van der Waals surface area contributed by atoms with Crippen LogP contribution in [-0.2, 0) is 9.47 Å². The Kier molecular flexibility index (Phi) is 5.27. The summed E-state index contributed by atoms with van der Waals surface area (Å²) in [6.45, 7) is -0.211. The zero-order valence-corrected chi connectivity index (χ0v) is 8.96. The number of thiol groups is 1. The second-order valence-corrected chi connectivity index (χ2v) is 3.74. The van der Waals surface area contributed by atoms with Crippen LogP contribution in [0, 0.1) is 0 Å². The van der Waals surface area contributed by atoms with E-state index in [0.717, 1.165) is 0 Å². The lowest BCUT2D eigenvalue weighted by molar-refractivity contribution is -0.299. The van der Waals surface area contributed by atoms with Crippen molar-refractivity contribution >= 4 is 12.6 Å². The van der Waals surface area contributed by atoms with E-state index in [9.17, 15) is 15.3 Å². The fraction of sp³-hybridized carbons (Fsp3) is 1.00. The normalized spacial score (nSPS) is 41.8. The Bertz CT molecular complexity index is 190. The smallest absolute Gasteiger partial charge is 0.186 e. The molecule has 1 aliphatic rings. The highest BCUT2D eigenvalue weighted by Gasteiger charge is 2.43. The van der Waals surface area contributed by atoms with Gasteiger partial charge in [0.05, 0.1) is 13.2 Å². The molecule has 7 heteroatoms. The highest BCUT2D eigenvalue weighted by Crippen LogP contribution is 2.21. The molecule has 0 radical (unpaired) electrons. The highest BCUT2D eigenvalue weighted by atomic mass is 32.1. The highest BCUT2D eigenvalue weighted by molar-refractivity contribution is 7.80. The van der Waals surface area contributed by atoms with Crippen molar-refractivity contribution in [1.29, 1.82) is 0 Å². The molecule has 0 amide bonds. The summed E-state index contributed by atoms with van der Waals surface area (Å²) < 4.78 is 10.1. The van der Waals surface area contributed by atoms with Gasteiger partial charge >= 0.3 is 0 Å². The largest absolute Gasteiger partial charge is 0.394 e. The van der Waals surface area contributed by atoms with Gasteiger partial charge in [0.1, 0.15) is 24.4 Å². The second kappa shape index (κ2) is 6.00. The molecule has 0 aliphatic carbocycles. The maximum absolute atomic E-state index is 9.48. The summed E-state index contributed by atoms with van der Waals surface area (Å²) in [6, 6.07) is 0. The van der Waals surface area contributed by atoms with E-state index in [-0.39, 0.29) is 6.61 Å². The van der Waals surface area contributed by atoms with E-state index in [4.69, 9.17) is 14.6 Å². The number of hydrogen-bond donors (Lipinski definition) is 5. The Hall–Kier alpha value is 0.110. The fourth-order valence-corrected chi connectivity index (χ4v) is 1.48. The van der Waals surface area contributed by atoms with Crippen LogP contribution in [0.25, 0.3) is 0 Å². The van der Waals surface area contributed by atoms with E-state index in [2.05, 4.69) is 12.6 Å². The van der Waals surface area contributed by atoms with Crippen molar-refractivity contribution in [2.24, 2.45) is 0 Å². The first-order valence-electron chi connectivity index (χ1n) is 4.64. The summed E-state index contributed by atoms with van der Waals surface area (Å²) >= 11 is 3.91. The molecule has 0 aromatic heterocycles. The van der Waals surface area contributed by atoms with Gasteiger partial charge in [-0.3, -0.25) is 0 Å². The fourth-order valence-electron chi connectivity index (χ4n) is 1.37. The molecule has 0 spiro atoms. The average Bonchev–Trinajstić information content (AvgIpc) is 2.25. The number of hydrogen-bond acceptors (Lipinski definition) is 7. The third-order valence-corrected chi connectivity index (χ3v) is 2.40. The first kappa shape index (κ1) is 13.2. The summed E-state index contributed by atoms with van der Waals surface area (Å²) in [6.07, 6.45) is -6.04. The molecule has 0 saturated carbocycles. The van der Waals surface area contributed by atoms with Crippen LogP contribution in [0.2, 0.25) is 0 Å². The van der Waals surface area contributed by atoms with E-state index in [1.807, 2.05) is 0 Å². The van der Waals surface area contributed by atoms with Gasteiger partial charge < -0.3 is 29.9 Å². The van der Waals surface area contributed by atoms with Crippen molar-refractivity contribution in [1.82, 2.24) is 0 Å². The van der Waals surface area contributed by atoms with Gasteiger partial charge in [0.15, 0.2) is 6.29 Å². The van der Waals surface area contributed by atoms with Crippen molar-refractivity contribution in [2.45, 2.75) is 30.7 Å². The Morgan fingerprint density at radius 1 is 1.13 bits per heavy atom. The second-order valence-electron chi connectivity index (χ2n) is 3.29. The minimum atomic E-state index is -1.39. The maximum atomic E-state index is 9.48. The summed E-state index contributed by atoms with van der Waals surface area (Å²) in [7, 11) is 0. The summed E-state index contributed by atoms with van der Waals surface area (Å²) in [5.41, 5.74) is 0. The van der Waals surface area contributed by atoms with Crippen LogP contribution in [0.1, 0.15) is 0 Å². The van der Waals surface area contributed by atoms with Gasteiger partial charge in [-0.25, -0.2) is 0 Å². The molecule has 6 nitrogen and oxygen atoms in total. The summed E-state index contributed by atoms with van der Waals surface area (Å²) in [5.74, 6) is 0.440. The predicted molar refractivity (Wildman–Crippen MR) is 53.6 cm³/mol. The Morgan fingerprint density at radius 2 is 1.80 bits per heavy atom. The number of ether oxygens (including phenoxy) is 2. The molecule has 5 atom stereocenters. The Morgan fingerprint density at radius 3 is 2.33 bits per heavy atom. The molecule has 4 N–H and O–H groups in total. The van der Waals surface area contributed by atoms with Crippen molar-refractivity contribution in [3.05, 3.63) is 0 Å². The molecule has 90 valence electrons. The zero-order valence-electron chi connectivity index (χ0n) is 8.06. The minimum Gasteiger partial charge on any atom is -0.394 e. The quantitative estimate of drug-likeness (QED) is 0.355. The standard InChI is InChI=1S/C8H16O6S/c9-3-4-5(10)6(11)7(12)8(14-4)13-1-2-15/h4-12,15H,1-3H2. The molecule has 5 unspecified atom stereocenters. The van der Waals surface area contributed by atoms with Crippen molar-refractivity contribution in [2.75, 3.05) is 19.0 Å². The van der Waals surface area contributed by atoms with E-state index in [1.165, 1.54) is 0 Å².